The Kier molecular flexibility index (Phi) is 4.24. The number of rotatable bonds is 6. The molecule has 0 atom stereocenters. The van der Waals surface area contributed by atoms with Gasteiger partial charge in [0.1, 0.15) is 15.4 Å². The summed E-state index contributed by atoms with van der Waals surface area (Å²) in [5.41, 5.74) is 0.644. The molecule has 96 valence electrons. The van der Waals surface area contributed by atoms with Gasteiger partial charge in [0.25, 0.3) is 0 Å². The first kappa shape index (κ1) is 13.7. The van der Waals surface area contributed by atoms with Crippen LogP contribution in [0.25, 0.3) is 0 Å². The highest BCUT2D eigenvalue weighted by Crippen LogP contribution is 2.06. The number of hydrogen-bond donors (Lipinski definition) is 2. The average molecular weight is 261 g/mol. The van der Waals surface area contributed by atoms with Crippen LogP contribution < -0.4 is 5.32 Å². The number of nitrogens with zero attached hydrogens (tertiary/aromatic N) is 2. The molecule has 1 rings (SSSR count). The molecule has 0 aliphatic rings. The van der Waals surface area contributed by atoms with Crippen LogP contribution in [-0.2, 0) is 23.4 Å². The number of carbonyl (C=O) groups is 1. The van der Waals surface area contributed by atoms with Gasteiger partial charge in [0.2, 0.25) is 0 Å². The smallest absolute Gasteiger partial charge is 0.339 e. The molecule has 0 saturated carbocycles. The molecule has 17 heavy (non-hydrogen) atoms. The van der Waals surface area contributed by atoms with E-state index in [2.05, 4.69) is 10.4 Å². The molecule has 8 heteroatoms. The Morgan fingerprint density at radius 1 is 1.59 bits per heavy atom. The first-order valence-electron chi connectivity index (χ1n) is 4.94. The maximum Gasteiger partial charge on any atom is 0.339 e. The second-order valence-electron chi connectivity index (χ2n) is 3.74. The van der Waals surface area contributed by atoms with Crippen LogP contribution in [0.15, 0.2) is 6.20 Å². The Morgan fingerprint density at radius 2 is 2.24 bits per heavy atom. The zero-order chi connectivity index (χ0) is 13.1. The quantitative estimate of drug-likeness (QED) is 0.654. The number of carboxylic acids is 1. The minimum absolute atomic E-state index is 0.0211. The van der Waals surface area contributed by atoms with Gasteiger partial charge in [0.05, 0.1) is 17.6 Å². The molecular weight excluding hydrogens is 246 g/mol. The standard InChI is InChI=1S/C9H15N3O4S/c1-12-8(7(5-11-12)9(13)14)6-10-3-4-17(2,15)16/h5,10H,3-4,6H2,1-2H3,(H,13,14). The van der Waals surface area contributed by atoms with Crippen molar-refractivity contribution in [3.05, 3.63) is 17.5 Å². The number of aromatic carboxylic acids is 1. The third kappa shape index (κ3) is 4.16. The number of aromatic nitrogens is 2. The Morgan fingerprint density at radius 3 is 2.76 bits per heavy atom. The molecule has 1 heterocycles. The summed E-state index contributed by atoms with van der Waals surface area (Å²) < 4.78 is 23.2. The second-order valence-corrected chi connectivity index (χ2v) is 6.00. The Balaban J connectivity index is 2.57. The average Bonchev–Trinajstić information content (AvgIpc) is 2.53. The summed E-state index contributed by atoms with van der Waals surface area (Å²) in [6.45, 7) is 0.552. The van der Waals surface area contributed by atoms with Crippen LogP contribution in [0.5, 0.6) is 0 Å². The van der Waals surface area contributed by atoms with E-state index < -0.39 is 15.8 Å². The minimum atomic E-state index is -3.00. The second kappa shape index (κ2) is 5.28. The fraction of sp³-hybridized carbons (Fsp3) is 0.556. The molecule has 0 aliphatic heterocycles. The first-order valence-corrected chi connectivity index (χ1v) is 7.00. The topological polar surface area (TPSA) is 101 Å². The van der Waals surface area contributed by atoms with Crippen molar-refractivity contribution in [3.63, 3.8) is 0 Å². The maximum atomic E-state index is 10.9. The predicted molar refractivity (Wildman–Crippen MR) is 61.6 cm³/mol. The van der Waals surface area contributed by atoms with Crippen molar-refractivity contribution in [2.45, 2.75) is 6.54 Å². The lowest BCUT2D eigenvalue weighted by atomic mass is 10.2. The highest BCUT2D eigenvalue weighted by molar-refractivity contribution is 7.90. The molecule has 0 spiro atoms. The summed E-state index contributed by atoms with van der Waals surface area (Å²) >= 11 is 0. The fourth-order valence-electron chi connectivity index (χ4n) is 1.32. The summed E-state index contributed by atoms with van der Waals surface area (Å²) in [6.07, 6.45) is 2.43. The van der Waals surface area contributed by atoms with E-state index in [1.54, 1.807) is 7.05 Å². The lowest BCUT2D eigenvalue weighted by molar-refractivity contribution is 0.0695. The summed E-state index contributed by atoms with van der Waals surface area (Å²) in [6, 6.07) is 0. The minimum Gasteiger partial charge on any atom is -0.478 e. The van der Waals surface area contributed by atoms with E-state index in [1.807, 2.05) is 0 Å². The van der Waals surface area contributed by atoms with Crippen molar-refractivity contribution >= 4 is 15.8 Å². The van der Waals surface area contributed by atoms with Gasteiger partial charge in [-0.2, -0.15) is 5.10 Å². The van der Waals surface area contributed by atoms with Gasteiger partial charge < -0.3 is 10.4 Å². The molecule has 1 aromatic heterocycles. The van der Waals surface area contributed by atoms with Gasteiger partial charge in [-0.25, -0.2) is 13.2 Å². The Labute approximate surface area is 99.4 Å². The molecule has 0 bridgehead atoms. The van der Waals surface area contributed by atoms with Gasteiger partial charge in [-0.15, -0.1) is 0 Å². The van der Waals surface area contributed by atoms with Crippen LogP contribution in [0.3, 0.4) is 0 Å². The Bertz CT molecular complexity index is 506. The highest BCUT2D eigenvalue weighted by Gasteiger charge is 2.14. The number of aryl methyl sites for hydroxylation is 1. The van der Waals surface area contributed by atoms with Crippen LogP contribution in [0.4, 0.5) is 0 Å². The Hall–Kier alpha value is -1.41. The number of sulfone groups is 1. The molecule has 0 amide bonds. The van der Waals surface area contributed by atoms with Gasteiger partial charge in [0, 0.05) is 26.4 Å². The number of nitrogens with one attached hydrogen (secondary N) is 1. The van der Waals surface area contributed by atoms with E-state index in [9.17, 15) is 13.2 Å². The molecule has 0 fully saturated rings. The van der Waals surface area contributed by atoms with Crippen molar-refractivity contribution < 1.29 is 18.3 Å². The van der Waals surface area contributed by atoms with E-state index in [1.165, 1.54) is 10.9 Å². The molecule has 0 aliphatic carbocycles. The van der Waals surface area contributed by atoms with Gasteiger partial charge in [-0.3, -0.25) is 4.68 Å². The van der Waals surface area contributed by atoms with E-state index in [0.717, 1.165) is 6.26 Å². The molecule has 1 aromatic rings. The SMILES string of the molecule is Cn1ncc(C(=O)O)c1CNCCS(C)(=O)=O. The number of carboxylic acid groups (broad SMARTS) is 1. The molecule has 0 unspecified atom stereocenters. The lowest BCUT2D eigenvalue weighted by Crippen LogP contribution is -2.24. The molecular formula is C9H15N3O4S. The fourth-order valence-corrected chi connectivity index (χ4v) is 1.83. The van der Waals surface area contributed by atoms with Crippen molar-refractivity contribution in [2.24, 2.45) is 7.05 Å². The van der Waals surface area contributed by atoms with Crippen molar-refractivity contribution in [3.8, 4) is 0 Å². The van der Waals surface area contributed by atoms with Gasteiger partial charge in [0.15, 0.2) is 0 Å². The van der Waals surface area contributed by atoms with Gasteiger partial charge >= 0.3 is 5.97 Å². The predicted octanol–water partition coefficient (Wildman–Crippen LogP) is -0.747. The molecule has 0 saturated heterocycles. The zero-order valence-electron chi connectivity index (χ0n) is 9.67. The molecule has 0 aromatic carbocycles. The number of hydrogen-bond acceptors (Lipinski definition) is 5. The summed E-state index contributed by atoms with van der Waals surface area (Å²) in [4.78, 5) is 10.9. The largest absolute Gasteiger partial charge is 0.478 e. The van der Waals surface area contributed by atoms with Gasteiger partial charge in [-0.1, -0.05) is 0 Å². The van der Waals surface area contributed by atoms with E-state index in [0.29, 0.717) is 5.69 Å². The molecule has 7 nitrogen and oxygen atoms in total. The normalized spacial score (nSPS) is 11.6. The van der Waals surface area contributed by atoms with Crippen LogP contribution in [0, 0.1) is 0 Å². The zero-order valence-corrected chi connectivity index (χ0v) is 10.5. The third-order valence-corrected chi connectivity index (χ3v) is 3.18. The molecule has 0 radical (unpaired) electrons. The molecule has 2 N–H and O–H groups in total. The van der Waals surface area contributed by atoms with Crippen molar-refractivity contribution in [2.75, 3.05) is 18.6 Å². The van der Waals surface area contributed by atoms with Crippen molar-refractivity contribution in [1.29, 1.82) is 0 Å². The summed E-state index contributed by atoms with van der Waals surface area (Å²) in [5.74, 6) is -1.02. The van der Waals surface area contributed by atoms with Crippen LogP contribution in [0.1, 0.15) is 16.1 Å². The van der Waals surface area contributed by atoms with Crippen LogP contribution in [-0.4, -0.2) is 47.8 Å². The lowest BCUT2D eigenvalue weighted by Gasteiger charge is -2.05. The maximum absolute atomic E-state index is 10.9. The summed E-state index contributed by atoms with van der Waals surface area (Å²) in [7, 11) is -1.36. The van der Waals surface area contributed by atoms with Crippen LogP contribution in [0.2, 0.25) is 0 Å². The van der Waals surface area contributed by atoms with E-state index >= 15 is 0 Å². The van der Waals surface area contributed by atoms with E-state index in [4.69, 9.17) is 5.11 Å². The van der Waals surface area contributed by atoms with E-state index in [-0.39, 0.29) is 24.4 Å². The summed E-state index contributed by atoms with van der Waals surface area (Å²) in [5, 5.41) is 15.6. The monoisotopic (exact) mass is 261 g/mol. The van der Waals surface area contributed by atoms with Crippen LogP contribution >= 0.6 is 0 Å². The highest BCUT2D eigenvalue weighted by atomic mass is 32.2. The van der Waals surface area contributed by atoms with Crippen molar-refractivity contribution in [1.82, 2.24) is 15.1 Å². The third-order valence-electron chi connectivity index (χ3n) is 2.23. The first-order chi connectivity index (χ1) is 7.81. The van der Waals surface area contributed by atoms with Gasteiger partial charge in [-0.05, 0) is 0 Å².